The number of hydrogen-bond donors (Lipinski definition) is 3. The number of nitrogens with one attached hydrogen (secondary N) is 2. The molecule has 10 heteroatoms. The van der Waals surface area contributed by atoms with E-state index in [4.69, 9.17) is 17.4 Å². The van der Waals surface area contributed by atoms with Gasteiger partial charge in [0.15, 0.2) is 5.82 Å². The average Bonchev–Trinajstić information content (AvgIpc) is 3.04. The Bertz CT molecular complexity index is 1100. The number of imide groups is 1. The molecule has 4 N–H and O–H groups in total. The second-order valence-electron chi connectivity index (χ2n) is 6.68. The third kappa shape index (κ3) is 4.92. The molecule has 1 unspecified atom stereocenters. The minimum atomic E-state index is -0.638. The smallest absolute Gasteiger partial charge is 0.325 e. The van der Waals surface area contributed by atoms with Crippen LogP contribution in [0.15, 0.2) is 47.6 Å². The van der Waals surface area contributed by atoms with E-state index >= 15 is 0 Å². The normalized spacial score (nSPS) is 11.7. The number of nitrogen functional groups attached to an aromatic ring is 1. The minimum absolute atomic E-state index is 0.322. The number of nitrogens with two attached hydrogens (primary N) is 1. The van der Waals surface area contributed by atoms with Crippen LogP contribution in [0, 0.1) is 13.8 Å². The highest BCUT2D eigenvalue weighted by Crippen LogP contribution is 2.29. The van der Waals surface area contributed by atoms with Crippen LogP contribution in [-0.2, 0) is 4.79 Å². The third-order valence-corrected chi connectivity index (χ3v) is 5.68. The van der Waals surface area contributed by atoms with Crippen LogP contribution in [0.3, 0.4) is 0 Å². The fourth-order valence-corrected chi connectivity index (χ4v) is 3.71. The van der Waals surface area contributed by atoms with E-state index in [1.54, 1.807) is 31.2 Å². The van der Waals surface area contributed by atoms with Gasteiger partial charge in [0.05, 0.1) is 10.3 Å². The molecule has 1 atom stereocenters. The van der Waals surface area contributed by atoms with Gasteiger partial charge in [-0.1, -0.05) is 53.2 Å². The van der Waals surface area contributed by atoms with Crippen molar-refractivity contribution in [3.05, 3.63) is 58.6 Å². The average molecular weight is 445 g/mol. The Hall–Kier alpha value is -3.04. The molecule has 8 nitrogen and oxygen atoms in total. The van der Waals surface area contributed by atoms with Gasteiger partial charge in [-0.3, -0.25) is 10.1 Å². The van der Waals surface area contributed by atoms with Crippen LogP contribution in [0.4, 0.5) is 10.5 Å². The van der Waals surface area contributed by atoms with Crippen molar-refractivity contribution < 1.29 is 9.59 Å². The number of halogens is 1. The summed E-state index contributed by atoms with van der Waals surface area (Å²) in [5.41, 5.74) is 3.26. The molecule has 3 aromatic rings. The van der Waals surface area contributed by atoms with Crippen molar-refractivity contribution in [2.45, 2.75) is 31.2 Å². The number of aromatic nitrogens is 3. The number of carbonyl (C=O) groups is 2. The van der Waals surface area contributed by atoms with Crippen molar-refractivity contribution in [1.82, 2.24) is 20.2 Å². The van der Waals surface area contributed by atoms with Gasteiger partial charge < -0.3 is 11.2 Å². The highest BCUT2D eigenvalue weighted by atomic mass is 35.5. The SMILES string of the molecule is Cc1ccc(NC(=O)NC(=O)C(C)Sc2nnc(-c3ccccc3Cl)n2N)c(C)c1. The summed E-state index contributed by atoms with van der Waals surface area (Å²) in [6.45, 7) is 5.49. The molecule has 3 amide bonds. The lowest BCUT2D eigenvalue weighted by Crippen LogP contribution is -2.39. The summed E-state index contributed by atoms with van der Waals surface area (Å²) < 4.78 is 1.27. The molecule has 0 aliphatic rings. The Labute approximate surface area is 183 Å². The molecule has 156 valence electrons. The van der Waals surface area contributed by atoms with Gasteiger partial charge in [0.2, 0.25) is 11.1 Å². The molecule has 1 heterocycles. The maximum absolute atomic E-state index is 12.4. The first-order chi connectivity index (χ1) is 14.3. The standard InChI is InChI=1S/C20H21ClN6O2S/c1-11-8-9-16(12(2)10-11)23-19(29)24-18(28)13(3)30-20-26-25-17(27(20)22)14-6-4-5-7-15(14)21/h4-10,13H,22H2,1-3H3,(H2,23,24,28,29). The Morgan fingerprint density at radius 2 is 1.90 bits per heavy atom. The molecule has 3 rings (SSSR count). The zero-order valence-electron chi connectivity index (χ0n) is 16.6. The van der Waals surface area contributed by atoms with Crippen LogP contribution >= 0.6 is 23.4 Å². The first-order valence-corrected chi connectivity index (χ1v) is 10.3. The second-order valence-corrected chi connectivity index (χ2v) is 8.39. The molecule has 0 bridgehead atoms. The number of carbonyl (C=O) groups excluding carboxylic acids is 2. The summed E-state index contributed by atoms with van der Waals surface area (Å²) in [7, 11) is 0. The van der Waals surface area contributed by atoms with E-state index in [1.807, 2.05) is 32.0 Å². The van der Waals surface area contributed by atoms with Crippen molar-refractivity contribution in [2.24, 2.45) is 0 Å². The number of rotatable bonds is 5. The first kappa shape index (κ1) is 21.7. The van der Waals surface area contributed by atoms with E-state index in [-0.39, 0.29) is 0 Å². The Balaban J connectivity index is 1.63. The fraction of sp³-hybridized carbons (Fsp3) is 0.200. The van der Waals surface area contributed by atoms with Crippen LogP contribution in [0.1, 0.15) is 18.1 Å². The lowest BCUT2D eigenvalue weighted by molar-refractivity contribution is -0.119. The zero-order valence-corrected chi connectivity index (χ0v) is 18.2. The highest BCUT2D eigenvalue weighted by molar-refractivity contribution is 8.00. The number of amides is 3. The molecule has 0 saturated heterocycles. The van der Waals surface area contributed by atoms with Crippen molar-refractivity contribution in [1.29, 1.82) is 0 Å². The number of thioether (sulfide) groups is 1. The predicted octanol–water partition coefficient (Wildman–Crippen LogP) is 3.76. The Morgan fingerprint density at radius 1 is 1.17 bits per heavy atom. The van der Waals surface area contributed by atoms with Crippen molar-refractivity contribution >= 4 is 41.0 Å². The highest BCUT2D eigenvalue weighted by Gasteiger charge is 2.22. The summed E-state index contributed by atoms with van der Waals surface area (Å²) in [5.74, 6) is 5.98. The number of aryl methyl sites for hydroxylation is 2. The quantitative estimate of drug-likeness (QED) is 0.407. The molecule has 1 aromatic heterocycles. The molecular weight excluding hydrogens is 424 g/mol. The summed E-state index contributed by atoms with van der Waals surface area (Å²) >= 11 is 7.27. The molecule has 0 aliphatic carbocycles. The van der Waals surface area contributed by atoms with Gasteiger partial charge in [-0.2, -0.15) is 0 Å². The number of anilines is 1. The molecule has 30 heavy (non-hydrogen) atoms. The van der Waals surface area contributed by atoms with Gasteiger partial charge in [-0.05, 0) is 44.5 Å². The fourth-order valence-electron chi connectivity index (χ4n) is 2.72. The van der Waals surface area contributed by atoms with Crippen LogP contribution < -0.4 is 16.5 Å². The van der Waals surface area contributed by atoms with Gasteiger partial charge in [-0.15, -0.1) is 10.2 Å². The monoisotopic (exact) mass is 444 g/mol. The van der Waals surface area contributed by atoms with E-state index in [2.05, 4.69) is 20.8 Å². The molecule has 0 spiro atoms. The van der Waals surface area contributed by atoms with Crippen LogP contribution in [-0.4, -0.2) is 32.1 Å². The molecule has 0 saturated carbocycles. The molecule has 0 fully saturated rings. The summed E-state index contributed by atoms with van der Waals surface area (Å²) in [5, 5.41) is 13.3. The van der Waals surface area contributed by atoms with Crippen LogP contribution in [0.5, 0.6) is 0 Å². The maximum Gasteiger partial charge on any atom is 0.325 e. The lowest BCUT2D eigenvalue weighted by Gasteiger charge is -2.13. The van der Waals surface area contributed by atoms with Crippen LogP contribution in [0.2, 0.25) is 5.02 Å². The molecular formula is C20H21ClN6O2S. The topological polar surface area (TPSA) is 115 Å². The van der Waals surface area contributed by atoms with E-state index in [1.165, 1.54) is 4.68 Å². The number of benzene rings is 2. The summed E-state index contributed by atoms with van der Waals surface area (Å²) in [6.07, 6.45) is 0. The molecule has 0 radical (unpaired) electrons. The van der Waals surface area contributed by atoms with Gasteiger partial charge in [0, 0.05) is 11.3 Å². The number of nitrogens with zero attached hydrogens (tertiary/aromatic N) is 3. The zero-order chi connectivity index (χ0) is 21.8. The van der Waals surface area contributed by atoms with E-state index in [0.29, 0.717) is 27.3 Å². The molecule has 0 aliphatic heterocycles. The first-order valence-electron chi connectivity index (χ1n) is 9.07. The third-order valence-electron chi connectivity index (χ3n) is 4.30. The second kappa shape index (κ2) is 9.19. The van der Waals surface area contributed by atoms with Crippen molar-refractivity contribution in [3.63, 3.8) is 0 Å². The Morgan fingerprint density at radius 3 is 2.60 bits per heavy atom. The van der Waals surface area contributed by atoms with Gasteiger partial charge in [-0.25, -0.2) is 9.47 Å². The minimum Gasteiger partial charge on any atom is -0.335 e. The van der Waals surface area contributed by atoms with Gasteiger partial charge in [0.25, 0.3) is 0 Å². The maximum atomic E-state index is 12.4. The number of hydrogen-bond acceptors (Lipinski definition) is 6. The lowest BCUT2D eigenvalue weighted by atomic mass is 10.1. The van der Waals surface area contributed by atoms with Crippen LogP contribution in [0.25, 0.3) is 11.4 Å². The van der Waals surface area contributed by atoms with Crippen molar-refractivity contribution in [3.8, 4) is 11.4 Å². The summed E-state index contributed by atoms with van der Waals surface area (Å²) in [6, 6.07) is 12.1. The Kier molecular flexibility index (Phi) is 6.63. The van der Waals surface area contributed by atoms with Gasteiger partial charge >= 0.3 is 6.03 Å². The largest absolute Gasteiger partial charge is 0.335 e. The molecule has 2 aromatic carbocycles. The number of urea groups is 1. The predicted molar refractivity (Wildman–Crippen MR) is 119 cm³/mol. The van der Waals surface area contributed by atoms with Crippen molar-refractivity contribution in [2.75, 3.05) is 11.2 Å². The van der Waals surface area contributed by atoms with E-state index < -0.39 is 17.2 Å². The van der Waals surface area contributed by atoms with Gasteiger partial charge in [0.1, 0.15) is 0 Å². The summed E-state index contributed by atoms with van der Waals surface area (Å²) in [4.78, 5) is 24.6. The van der Waals surface area contributed by atoms with E-state index in [0.717, 1.165) is 22.9 Å². The van der Waals surface area contributed by atoms with E-state index in [9.17, 15) is 9.59 Å².